The fraction of sp³-hybridized carbons (Fsp3) is 0.500. The third kappa shape index (κ3) is 14.8. The Labute approximate surface area is 165 Å². The van der Waals surface area contributed by atoms with Gasteiger partial charge in [-0.1, -0.05) is 12.1 Å². The lowest BCUT2D eigenvalue weighted by Crippen LogP contribution is -2.10. The maximum absolute atomic E-state index is 12.1. The molecule has 1 aromatic rings. The summed E-state index contributed by atoms with van der Waals surface area (Å²) in [5.74, 6) is 0.561. The molecule has 1 rings (SSSR count). The summed E-state index contributed by atoms with van der Waals surface area (Å²) in [7, 11) is -7.69. The third-order valence-corrected chi connectivity index (χ3v) is 6.70. The molecule has 13 heteroatoms. The molecule has 27 heavy (non-hydrogen) atoms. The lowest BCUT2D eigenvalue weighted by molar-refractivity contribution is -0.116. The molecule has 0 saturated heterocycles. The molecule has 1 aromatic carbocycles. The van der Waals surface area contributed by atoms with Crippen molar-refractivity contribution in [3.05, 3.63) is 29.8 Å². The van der Waals surface area contributed by atoms with Crippen LogP contribution in [0.25, 0.3) is 0 Å². The highest BCUT2D eigenvalue weighted by Crippen LogP contribution is 2.15. The minimum absolute atomic E-state index is 0.0240. The molecule has 0 unspecified atom stereocenters. The average molecular weight is 460 g/mol. The number of thioether (sulfide) groups is 1. The number of rotatable bonds is 10. The van der Waals surface area contributed by atoms with Crippen molar-refractivity contribution < 1.29 is 39.5 Å². The van der Waals surface area contributed by atoms with Crippen LogP contribution in [0.1, 0.15) is 18.9 Å². The smallest absolute Gasteiger partial charge is 0.179 e. The summed E-state index contributed by atoms with van der Waals surface area (Å²) in [6.07, 6.45) is 0.495. The highest BCUT2D eigenvalue weighted by atomic mass is 32.2. The molecular weight excluding hydrogens is 440 g/mol. The number of ketones is 1. The van der Waals surface area contributed by atoms with Crippen molar-refractivity contribution in [1.29, 1.82) is 0 Å². The first-order valence-corrected chi connectivity index (χ1v) is 12.8. The first-order valence-electron chi connectivity index (χ1n) is 7.42. The van der Waals surface area contributed by atoms with Crippen molar-refractivity contribution in [3.8, 4) is 0 Å². The van der Waals surface area contributed by atoms with E-state index in [-0.39, 0.29) is 22.9 Å². The maximum atomic E-state index is 12.1. The number of carbonyl (C=O) groups is 1. The standard InChI is InChI=1S/C14H20O6S3.H2O3S/c1-12(15)6-8-21-9-11-22(16,17)14-4-2-13(3-5-14)7-10-23(18,19)20;1-4(2)3/h2-5H,6-11H2,1H3,(H,18,19,20);(H2,1,2,3)/p-3. The number of aryl methyl sites for hydroxylation is 1. The Bertz CT molecular complexity index is 811. The van der Waals surface area contributed by atoms with Crippen LogP contribution in [0, 0.1) is 0 Å². The SMILES string of the molecule is CC(=O)CCSCCS(=O)(=O)c1ccc(CCS(=O)(=O)[O-])cc1.O=S([O-])[O-]. The van der Waals surface area contributed by atoms with Crippen LogP contribution in [0.3, 0.4) is 0 Å². The van der Waals surface area contributed by atoms with Crippen molar-refractivity contribution in [2.45, 2.75) is 24.7 Å². The van der Waals surface area contributed by atoms with Gasteiger partial charge in [-0.25, -0.2) is 16.8 Å². The Morgan fingerprint density at radius 1 is 1.04 bits per heavy atom. The summed E-state index contributed by atoms with van der Waals surface area (Å²) < 4.78 is 81.3. The van der Waals surface area contributed by atoms with E-state index in [2.05, 4.69) is 0 Å². The van der Waals surface area contributed by atoms with Crippen LogP contribution in [-0.4, -0.2) is 63.5 Å². The molecule has 9 nitrogen and oxygen atoms in total. The third-order valence-electron chi connectivity index (χ3n) is 3.02. The summed E-state index contributed by atoms with van der Waals surface area (Å²) in [6, 6.07) is 5.87. The van der Waals surface area contributed by atoms with Gasteiger partial charge in [0.1, 0.15) is 5.78 Å². The van der Waals surface area contributed by atoms with E-state index in [1.807, 2.05) is 0 Å². The maximum Gasteiger partial charge on any atom is 0.179 e. The molecule has 0 heterocycles. The summed E-state index contributed by atoms with van der Waals surface area (Å²) in [5.41, 5.74) is 0.596. The van der Waals surface area contributed by atoms with Gasteiger partial charge in [0, 0.05) is 23.7 Å². The van der Waals surface area contributed by atoms with Crippen LogP contribution in [0.2, 0.25) is 0 Å². The molecule has 0 fully saturated rings. The van der Waals surface area contributed by atoms with Crippen LogP contribution in [0.5, 0.6) is 0 Å². The molecule has 0 aromatic heterocycles. The number of carbonyl (C=O) groups excluding carboxylic acids is 1. The molecule has 156 valence electrons. The van der Waals surface area contributed by atoms with E-state index in [4.69, 9.17) is 13.3 Å². The van der Waals surface area contributed by atoms with Gasteiger partial charge in [-0.15, -0.1) is 11.4 Å². The zero-order valence-corrected chi connectivity index (χ0v) is 17.6. The van der Waals surface area contributed by atoms with Gasteiger partial charge in [0.25, 0.3) is 0 Å². The number of hydrogen-bond acceptors (Lipinski definition) is 10. The van der Waals surface area contributed by atoms with Gasteiger partial charge >= 0.3 is 0 Å². The van der Waals surface area contributed by atoms with Crippen LogP contribution in [-0.2, 0) is 42.5 Å². The van der Waals surface area contributed by atoms with Gasteiger partial charge in [0.2, 0.25) is 0 Å². The van der Waals surface area contributed by atoms with Crippen LogP contribution in [0.4, 0.5) is 0 Å². The molecule has 0 atom stereocenters. The van der Waals surface area contributed by atoms with Crippen molar-refractivity contribution in [2.24, 2.45) is 0 Å². The molecule has 0 amide bonds. The summed E-state index contributed by atoms with van der Waals surface area (Å²) in [4.78, 5) is 10.9. The Hall–Kier alpha value is -0.830. The second-order valence-electron chi connectivity index (χ2n) is 5.24. The molecule has 0 aliphatic rings. The van der Waals surface area contributed by atoms with Crippen molar-refractivity contribution in [1.82, 2.24) is 0 Å². The van der Waals surface area contributed by atoms with E-state index in [1.54, 1.807) is 0 Å². The quantitative estimate of drug-likeness (QED) is 0.268. The zero-order valence-electron chi connectivity index (χ0n) is 14.4. The Kier molecular flexibility index (Phi) is 12.2. The van der Waals surface area contributed by atoms with E-state index < -0.39 is 37.1 Å². The Balaban J connectivity index is 0.00000153. The fourth-order valence-corrected chi connectivity index (χ4v) is 4.97. The Morgan fingerprint density at radius 2 is 1.56 bits per heavy atom. The average Bonchev–Trinajstić information content (AvgIpc) is 2.51. The van der Waals surface area contributed by atoms with E-state index in [1.165, 1.54) is 43.0 Å². The van der Waals surface area contributed by atoms with E-state index in [9.17, 15) is 26.2 Å². The molecule has 0 bridgehead atoms. The van der Waals surface area contributed by atoms with Crippen molar-refractivity contribution >= 4 is 48.9 Å². The predicted molar refractivity (Wildman–Crippen MR) is 99.1 cm³/mol. The van der Waals surface area contributed by atoms with Crippen LogP contribution in [0.15, 0.2) is 29.2 Å². The number of benzene rings is 1. The van der Waals surface area contributed by atoms with E-state index in [0.29, 0.717) is 23.5 Å². The second-order valence-corrected chi connectivity index (χ2v) is 10.5. The first kappa shape index (κ1) is 26.2. The lowest BCUT2D eigenvalue weighted by atomic mass is 10.2. The van der Waals surface area contributed by atoms with Crippen molar-refractivity contribution in [2.75, 3.05) is 23.0 Å². The normalized spacial score (nSPS) is 11.7. The minimum Gasteiger partial charge on any atom is -0.784 e. The minimum atomic E-state index is -4.28. The van der Waals surface area contributed by atoms with Crippen LogP contribution < -0.4 is 0 Å². The van der Waals surface area contributed by atoms with Gasteiger partial charge in [0.15, 0.2) is 9.84 Å². The van der Waals surface area contributed by atoms with Gasteiger partial charge in [-0.3, -0.25) is 9.00 Å². The van der Waals surface area contributed by atoms with E-state index in [0.717, 1.165) is 0 Å². The zero-order chi connectivity index (χ0) is 21.1. The van der Waals surface area contributed by atoms with Gasteiger partial charge < -0.3 is 13.7 Å². The molecule has 0 spiro atoms. The summed E-state index contributed by atoms with van der Waals surface area (Å²) in [6.45, 7) is 1.50. The Morgan fingerprint density at radius 3 is 2.00 bits per heavy atom. The lowest BCUT2D eigenvalue weighted by Gasteiger charge is -2.08. The largest absolute Gasteiger partial charge is 0.784 e. The summed E-state index contributed by atoms with van der Waals surface area (Å²) >= 11 is -1.70. The number of Topliss-reactive ketones (excluding diaryl/α,β-unsaturated/α-hetero) is 1. The molecular formula is C14H19O9S4-3. The van der Waals surface area contributed by atoms with Gasteiger partial charge in [-0.05, 0) is 31.0 Å². The highest BCUT2D eigenvalue weighted by molar-refractivity contribution is 8.00. The molecule has 0 saturated carbocycles. The molecule has 0 radical (unpaired) electrons. The number of sulfone groups is 1. The topological polar surface area (TPSA) is 172 Å². The second kappa shape index (κ2) is 12.6. The van der Waals surface area contributed by atoms with E-state index >= 15 is 0 Å². The van der Waals surface area contributed by atoms with Gasteiger partial charge in [0.05, 0.1) is 20.8 Å². The molecule has 0 aliphatic carbocycles. The van der Waals surface area contributed by atoms with Gasteiger partial charge in [-0.2, -0.15) is 11.8 Å². The highest BCUT2D eigenvalue weighted by Gasteiger charge is 2.14. The monoisotopic (exact) mass is 459 g/mol. The van der Waals surface area contributed by atoms with Crippen LogP contribution >= 0.6 is 11.8 Å². The summed E-state index contributed by atoms with van der Waals surface area (Å²) in [5, 5.41) is 0. The molecule has 0 N–H and O–H groups in total. The number of hydrogen-bond donors (Lipinski definition) is 0. The predicted octanol–water partition coefficient (Wildman–Crippen LogP) is 0.256. The fourth-order valence-electron chi connectivity index (χ4n) is 1.71. The first-order chi connectivity index (χ1) is 12.3. The molecule has 0 aliphatic heterocycles. The van der Waals surface area contributed by atoms with Crippen molar-refractivity contribution in [3.63, 3.8) is 0 Å².